The molecule has 156 valence electrons. The molecule has 2 aliphatic heterocycles. The number of likely N-dealkylation sites (tertiary alicyclic amines) is 1. The second-order valence-corrected chi connectivity index (χ2v) is 7.99. The Balaban J connectivity index is 1.50. The average molecular weight is 399 g/mol. The average Bonchev–Trinajstić information content (AvgIpc) is 2.66. The number of unbranched alkanes of at least 4 members (excludes halogenated alkanes) is 1. The fourth-order valence-corrected chi connectivity index (χ4v) is 3.88. The molecule has 0 radical (unpaired) electrons. The van der Waals surface area contributed by atoms with Gasteiger partial charge in [0, 0.05) is 13.1 Å². The van der Waals surface area contributed by atoms with Gasteiger partial charge in [0.25, 0.3) is 0 Å². The number of nitrogens with one attached hydrogen (secondary N) is 1. The predicted molar refractivity (Wildman–Crippen MR) is 114 cm³/mol. The van der Waals surface area contributed by atoms with Crippen LogP contribution in [0.15, 0.2) is 23.8 Å². The number of hydrogen-bond acceptors (Lipinski definition) is 7. The van der Waals surface area contributed by atoms with Crippen molar-refractivity contribution in [3.8, 4) is 6.01 Å². The van der Waals surface area contributed by atoms with Crippen molar-refractivity contribution in [2.24, 2.45) is 5.92 Å². The van der Waals surface area contributed by atoms with Gasteiger partial charge in [-0.3, -0.25) is 9.69 Å². The summed E-state index contributed by atoms with van der Waals surface area (Å²) in [4.78, 5) is 25.5. The van der Waals surface area contributed by atoms with E-state index in [-0.39, 0.29) is 24.3 Å². The van der Waals surface area contributed by atoms with Crippen LogP contribution in [0.3, 0.4) is 0 Å². The normalized spacial score (nSPS) is 21.3. The van der Waals surface area contributed by atoms with Crippen LogP contribution in [0.2, 0.25) is 0 Å². The first-order valence-corrected chi connectivity index (χ1v) is 10.6. The number of fused-ring (bicyclic) bond motifs is 1. The standard InChI is InChI=1S/C21H30N6O2/c1-2-3-10-29-21-24-19(22)18-20(25-21)27(14-17(28)23-18)13-16-7-4-6-15(11-16)12-26-8-5-9-26/h4,6,11,16H,2-3,5,7-10,12-14H2,1H3,(H,23,28)(H2,22,24,25). The maximum absolute atomic E-state index is 12.3. The molecule has 1 atom stereocenters. The fraction of sp³-hybridized carbons (Fsp3) is 0.571. The summed E-state index contributed by atoms with van der Waals surface area (Å²) in [5, 5.41) is 2.82. The fourth-order valence-electron chi connectivity index (χ4n) is 3.88. The molecule has 1 aromatic heterocycles. The van der Waals surface area contributed by atoms with E-state index in [1.165, 1.54) is 25.1 Å². The van der Waals surface area contributed by atoms with Gasteiger partial charge in [-0.05, 0) is 43.8 Å². The number of carbonyl (C=O) groups excluding carboxylic acids is 1. The molecule has 0 aromatic carbocycles. The van der Waals surface area contributed by atoms with Gasteiger partial charge in [0.1, 0.15) is 5.69 Å². The molecular formula is C21H30N6O2. The zero-order chi connectivity index (χ0) is 20.2. The molecule has 3 heterocycles. The van der Waals surface area contributed by atoms with Crippen LogP contribution < -0.4 is 20.7 Å². The molecule has 3 N–H and O–H groups in total. The minimum absolute atomic E-state index is 0.0939. The first-order valence-electron chi connectivity index (χ1n) is 10.6. The van der Waals surface area contributed by atoms with Crippen molar-refractivity contribution in [1.29, 1.82) is 0 Å². The second kappa shape index (κ2) is 8.82. The lowest BCUT2D eigenvalue weighted by Crippen LogP contribution is -2.42. The Morgan fingerprint density at radius 1 is 1.34 bits per heavy atom. The van der Waals surface area contributed by atoms with Crippen molar-refractivity contribution < 1.29 is 9.53 Å². The van der Waals surface area contributed by atoms with Gasteiger partial charge in [-0.15, -0.1) is 0 Å². The van der Waals surface area contributed by atoms with E-state index in [9.17, 15) is 4.79 Å². The number of rotatable bonds is 8. The third-order valence-corrected chi connectivity index (χ3v) is 5.56. The summed E-state index contributed by atoms with van der Waals surface area (Å²) < 4.78 is 5.67. The van der Waals surface area contributed by atoms with E-state index in [2.05, 4.69) is 45.3 Å². The molecular weight excluding hydrogens is 368 g/mol. The van der Waals surface area contributed by atoms with Gasteiger partial charge in [-0.2, -0.15) is 9.97 Å². The van der Waals surface area contributed by atoms with E-state index in [1.807, 2.05) is 4.90 Å². The Labute approximate surface area is 171 Å². The zero-order valence-corrected chi connectivity index (χ0v) is 17.1. The van der Waals surface area contributed by atoms with Crippen LogP contribution in [0.4, 0.5) is 17.3 Å². The lowest BCUT2D eigenvalue weighted by molar-refractivity contribution is -0.115. The van der Waals surface area contributed by atoms with Crippen LogP contribution in [0, 0.1) is 5.92 Å². The Morgan fingerprint density at radius 3 is 2.97 bits per heavy atom. The van der Waals surface area contributed by atoms with Crippen molar-refractivity contribution in [1.82, 2.24) is 14.9 Å². The van der Waals surface area contributed by atoms with E-state index in [0.29, 0.717) is 30.6 Å². The Hall–Kier alpha value is -2.61. The maximum atomic E-state index is 12.3. The smallest absolute Gasteiger partial charge is 0.320 e. The van der Waals surface area contributed by atoms with Crippen LogP contribution in [0.5, 0.6) is 6.01 Å². The minimum Gasteiger partial charge on any atom is -0.463 e. The van der Waals surface area contributed by atoms with E-state index in [1.54, 1.807) is 0 Å². The molecule has 1 aromatic rings. The van der Waals surface area contributed by atoms with Gasteiger partial charge < -0.3 is 20.7 Å². The lowest BCUT2D eigenvalue weighted by Gasteiger charge is -2.34. The number of ether oxygens (including phenoxy) is 1. The number of amides is 1. The molecule has 4 rings (SSSR count). The largest absolute Gasteiger partial charge is 0.463 e. The molecule has 29 heavy (non-hydrogen) atoms. The van der Waals surface area contributed by atoms with Crippen LogP contribution in [0.1, 0.15) is 32.6 Å². The number of nitrogens with zero attached hydrogens (tertiary/aromatic N) is 4. The van der Waals surface area contributed by atoms with Crippen molar-refractivity contribution in [3.63, 3.8) is 0 Å². The quantitative estimate of drug-likeness (QED) is 0.648. The van der Waals surface area contributed by atoms with E-state index < -0.39 is 0 Å². The SMILES string of the molecule is CCCCOc1nc(N)c2c(n1)N(CC1C=C(CN3CCC3)C=CC1)CC(=O)N2. The van der Waals surface area contributed by atoms with Crippen molar-refractivity contribution in [2.75, 3.05) is 55.3 Å². The summed E-state index contributed by atoms with van der Waals surface area (Å²) >= 11 is 0. The van der Waals surface area contributed by atoms with Crippen molar-refractivity contribution >= 4 is 23.2 Å². The number of carbonyl (C=O) groups is 1. The number of hydrogen-bond donors (Lipinski definition) is 2. The molecule has 1 aliphatic carbocycles. The van der Waals surface area contributed by atoms with E-state index >= 15 is 0 Å². The third-order valence-electron chi connectivity index (χ3n) is 5.56. The molecule has 1 fully saturated rings. The lowest BCUT2D eigenvalue weighted by atomic mass is 9.94. The van der Waals surface area contributed by atoms with E-state index in [0.717, 1.165) is 25.8 Å². The second-order valence-electron chi connectivity index (χ2n) is 7.99. The topological polar surface area (TPSA) is 96.6 Å². The first-order chi connectivity index (χ1) is 14.1. The summed E-state index contributed by atoms with van der Waals surface area (Å²) in [6, 6.07) is 0.272. The highest BCUT2D eigenvalue weighted by Gasteiger charge is 2.29. The van der Waals surface area contributed by atoms with Crippen LogP contribution in [0.25, 0.3) is 0 Å². The summed E-state index contributed by atoms with van der Waals surface area (Å²) in [6.45, 7) is 7.00. The highest BCUT2D eigenvalue weighted by Crippen LogP contribution is 2.34. The number of allylic oxidation sites excluding steroid dienone is 1. The van der Waals surface area contributed by atoms with Gasteiger partial charge in [0.15, 0.2) is 11.6 Å². The summed E-state index contributed by atoms with van der Waals surface area (Å²) in [5.41, 5.74) is 7.94. The highest BCUT2D eigenvalue weighted by molar-refractivity contribution is 6.03. The van der Waals surface area contributed by atoms with Gasteiger partial charge in [-0.1, -0.05) is 31.6 Å². The zero-order valence-electron chi connectivity index (χ0n) is 17.1. The molecule has 8 nitrogen and oxygen atoms in total. The van der Waals surface area contributed by atoms with Crippen LogP contribution in [-0.4, -0.2) is 60.1 Å². The van der Waals surface area contributed by atoms with Gasteiger partial charge in [0.05, 0.1) is 13.2 Å². The number of nitrogen functional groups attached to an aromatic ring is 1. The molecule has 3 aliphatic rings. The first kappa shape index (κ1) is 19.7. The third kappa shape index (κ3) is 4.70. The van der Waals surface area contributed by atoms with Gasteiger partial charge >= 0.3 is 6.01 Å². The molecule has 0 bridgehead atoms. The molecule has 8 heteroatoms. The number of aromatic nitrogens is 2. The Kier molecular flexibility index (Phi) is 5.99. The monoisotopic (exact) mass is 398 g/mol. The van der Waals surface area contributed by atoms with Crippen LogP contribution >= 0.6 is 0 Å². The molecule has 1 unspecified atom stereocenters. The van der Waals surface area contributed by atoms with Crippen LogP contribution in [-0.2, 0) is 4.79 Å². The summed E-state index contributed by atoms with van der Waals surface area (Å²) in [7, 11) is 0. The number of nitrogens with two attached hydrogens (primary N) is 1. The van der Waals surface area contributed by atoms with Gasteiger partial charge in [0.2, 0.25) is 5.91 Å². The molecule has 1 amide bonds. The molecule has 0 saturated carbocycles. The molecule has 0 spiro atoms. The maximum Gasteiger partial charge on any atom is 0.320 e. The highest BCUT2D eigenvalue weighted by atomic mass is 16.5. The molecule has 1 saturated heterocycles. The Bertz CT molecular complexity index is 818. The van der Waals surface area contributed by atoms with Crippen molar-refractivity contribution in [2.45, 2.75) is 32.6 Å². The summed E-state index contributed by atoms with van der Waals surface area (Å²) in [5.74, 6) is 1.13. The Morgan fingerprint density at radius 2 is 2.21 bits per heavy atom. The predicted octanol–water partition coefficient (Wildman–Crippen LogP) is 2.20. The number of anilines is 3. The summed E-state index contributed by atoms with van der Waals surface area (Å²) in [6.07, 6.45) is 11.0. The van der Waals surface area contributed by atoms with E-state index in [4.69, 9.17) is 10.5 Å². The van der Waals surface area contributed by atoms with Gasteiger partial charge in [-0.25, -0.2) is 0 Å². The van der Waals surface area contributed by atoms with Crippen molar-refractivity contribution in [3.05, 3.63) is 23.8 Å². The minimum atomic E-state index is -0.0939.